The van der Waals surface area contributed by atoms with E-state index in [1.807, 2.05) is 0 Å². The maximum absolute atomic E-state index is 13.3. The van der Waals surface area contributed by atoms with Crippen LogP contribution in [0.15, 0.2) is 24.4 Å². The third kappa shape index (κ3) is 2.74. The monoisotopic (exact) mass is 281 g/mol. The minimum absolute atomic E-state index is 0.0976. The van der Waals surface area contributed by atoms with Crippen molar-refractivity contribution in [1.82, 2.24) is 4.98 Å². The molecule has 0 spiro atoms. The molecule has 0 bridgehead atoms. The fourth-order valence-corrected chi connectivity index (χ4v) is 2.05. The quantitative estimate of drug-likeness (QED) is 0.692. The SMILES string of the molecule is Cc1c(F)cccc1C(=O)Nc1ncc([N+](=O)[O-])s1. The molecule has 0 aliphatic heterocycles. The van der Waals surface area contributed by atoms with Gasteiger partial charge in [0.05, 0.1) is 4.92 Å². The topological polar surface area (TPSA) is 85.1 Å². The smallest absolute Gasteiger partial charge is 0.298 e. The van der Waals surface area contributed by atoms with Gasteiger partial charge >= 0.3 is 5.00 Å². The van der Waals surface area contributed by atoms with Crippen molar-refractivity contribution in [1.29, 1.82) is 0 Å². The van der Waals surface area contributed by atoms with Crippen molar-refractivity contribution in [2.24, 2.45) is 0 Å². The normalized spacial score (nSPS) is 10.2. The summed E-state index contributed by atoms with van der Waals surface area (Å²) < 4.78 is 13.3. The van der Waals surface area contributed by atoms with Gasteiger partial charge in [-0.1, -0.05) is 6.07 Å². The zero-order valence-corrected chi connectivity index (χ0v) is 10.5. The van der Waals surface area contributed by atoms with Crippen LogP contribution >= 0.6 is 11.3 Å². The molecule has 19 heavy (non-hydrogen) atoms. The highest BCUT2D eigenvalue weighted by Crippen LogP contribution is 2.25. The van der Waals surface area contributed by atoms with Gasteiger partial charge in [0.2, 0.25) is 0 Å². The highest BCUT2D eigenvalue weighted by Gasteiger charge is 2.16. The molecule has 8 heteroatoms. The zero-order valence-electron chi connectivity index (χ0n) is 9.71. The molecule has 1 aromatic carbocycles. The van der Waals surface area contributed by atoms with Crippen molar-refractivity contribution in [3.8, 4) is 0 Å². The standard InChI is InChI=1S/C11H8FN3O3S/c1-6-7(3-2-4-8(6)12)10(16)14-11-13-5-9(19-11)15(17)18/h2-5H,1H3,(H,13,14,16). The Morgan fingerprint density at radius 3 is 2.89 bits per heavy atom. The van der Waals surface area contributed by atoms with E-state index in [1.54, 1.807) is 0 Å². The van der Waals surface area contributed by atoms with Gasteiger partial charge in [0.1, 0.15) is 12.0 Å². The molecule has 0 saturated carbocycles. The van der Waals surface area contributed by atoms with Crippen molar-refractivity contribution in [2.45, 2.75) is 6.92 Å². The number of anilines is 1. The third-order valence-corrected chi connectivity index (χ3v) is 3.27. The van der Waals surface area contributed by atoms with Crippen molar-refractivity contribution in [3.63, 3.8) is 0 Å². The lowest BCUT2D eigenvalue weighted by atomic mass is 10.1. The maximum Gasteiger partial charge on any atom is 0.345 e. The van der Waals surface area contributed by atoms with Gasteiger partial charge < -0.3 is 0 Å². The first kappa shape index (κ1) is 13.1. The lowest BCUT2D eigenvalue weighted by molar-refractivity contribution is -0.380. The van der Waals surface area contributed by atoms with Crippen LogP contribution in [0, 0.1) is 22.9 Å². The molecule has 1 amide bonds. The number of thiazole rings is 1. The predicted molar refractivity (Wildman–Crippen MR) is 67.9 cm³/mol. The molecule has 0 fully saturated rings. The van der Waals surface area contributed by atoms with Gasteiger partial charge in [0.15, 0.2) is 5.13 Å². The van der Waals surface area contributed by atoms with E-state index in [0.29, 0.717) is 0 Å². The van der Waals surface area contributed by atoms with Crippen LogP contribution in [0.3, 0.4) is 0 Å². The second-order valence-electron chi connectivity index (χ2n) is 3.63. The van der Waals surface area contributed by atoms with Crippen LogP contribution in [0.25, 0.3) is 0 Å². The number of hydrogen-bond donors (Lipinski definition) is 1. The van der Waals surface area contributed by atoms with Crippen molar-refractivity contribution in [3.05, 3.63) is 51.5 Å². The highest BCUT2D eigenvalue weighted by atomic mass is 32.1. The van der Waals surface area contributed by atoms with E-state index in [-0.39, 0.29) is 21.3 Å². The summed E-state index contributed by atoms with van der Waals surface area (Å²) in [6.45, 7) is 1.48. The third-order valence-electron chi connectivity index (χ3n) is 2.41. The van der Waals surface area contributed by atoms with Crippen molar-refractivity contribution in [2.75, 3.05) is 5.32 Å². The van der Waals surface area contributed by atoms with Gasteiger partial charge in [-0.25, -0.2) is 9.37 Å². The van der Waals surface area contributed by atoms with Crippen molar-refractivity contribution >= 4 is 27.4 Å². The highest BCUT2D eigenvalue weighted by molar-refractivity contribution is 7.18. The van der Waals surface area contributed by atoms with E-state index in [2.05, 4.69) is 10.3 Å². The number of nitrogens with one attached hydrogen (secondary N) is 1. The Labute approximate surface area is 111 Å². The Bertz CT molecular complexity index is 656. The number of nitrogens with zero attached hydrogens (tertiary/aromatic N) is 2. The summed E-state index contributed by atoms with van der Waals surface area (Å²) >= 11 is 0.738. The second kappa shape index (κ2) is 5.11. The average Bonchev–Trinajstić information content (AvgIpc) is 2.81. The molecule has 1 heterocycles. The summed E-state index contributed by atoms with van der Waals surface area (Å²) in [6, 6.07) is 4.14. The Morgan fingerprint density at radius 1 is 1.53 bits per heavy atom. The molecule has 0 aliphatic carbocycles. The zero-order chi connectivity index (χ0) is 14.0. The maximum atomic E-state index is 13.3. The van der Waals surface area contributed by atoms with E-state index in [1.165, 1.54) is 25.1 Å². The first-order valence-corrected chi connectivity index (χ1v) is 5.97. The number of aromatic nitrogens is 1. The van der Waals surface area contributed by atoms with Crippen molar-refractivity contribution < 1.29 is 14.1 Å². The minimum Gasteiger partial charge on any atom is -0.298 e. The average molecular weight is 281 g/mol. The van der Waals surface area contributed by atoms with Gasteiger partial charge in [0.25, 0.3) is 5.91 Å². The summed E-state index contributed by atoms with van der Waals surface area (Å²) in [4.78, 5) is 25.5. The number of nitro groups is 1. The van der Waals surface area contributed by atoms with E-state index in [9.17, 15) is 19.3 Å². The largest absolute Gasteiger partial charge is 0.345 e. The van der Waals surface area contributed by atoms with E-state index < -0.39 is 16.6 Å². The Hall–Kier alpha value is -2.35. The summed E-state index contributed by atoms with van der Waals surface area (Å²) in [5.41, 5.74) is 0.379. The van der Waals surface area contributed by atoms with Crippen LogP contribution in [0.4, 0.5) is 14.5 Å². The number of carbonyl (C=O) groups excluding carboxylic acids is 1. The summed E-state index contributed by atoms with van der Waals surface area (Å²) in [5, 5.41) is 12.8. The lowest BCUT2D eigenvalue weighted by Crippen LogP contribution is -2.13. The number of carbonyl (C=O) groups is 1. The van der Waals surface area contributed by atoms with Crippen LogP contribution in [0.5, 0.6) is 0 Å². The molecule has 1 N–H and O–H groups in total. The molecular formula is C11H8FN3O3S. The Morgan fingerprint density at radius 2 is 2.26 bits per heavy atom. The van der Waals surface area contributed by atoms with Gasteiger partial charge in [-0.05, 0) is 36.0 Å². The molecule has 0 radical (unpaired) electrons. The Kier molecular flexibility index (Phi) is 3.52. The molecule has 6 nitrogen and oxygen atoms in total. The minimum atomic E-state index is -0.596. The van der Waals surface area contributed by atoms with Gasteiger partial charge in [-0.3, -0.25) is 20.2 Å². The number of rotatable bonds is 3. The van der Waals surface area contributed by atoms with E-state index in [0.717, 1.165) is 17.5 Å². The summed E-state index contributed by atoms with van der Waals surface area (Å²) in [5.74, 6) is -1.04. The van der Waals surface area contributed by atoms with Crippen LogP contribution in [-0.4, -0.2) is 15.8 Å². The molecule has 2 rings (SSSR count). The number of hydrogen-bond acceptors (Lipinski definition) is 5. The molecule has 2 aromatic rings. The summed E-state index contributed by atoms with van der Waals surface area (Å²) in [6.07, 6.45) is 1.05. The van der Waals surface area contributed by atoms with E-state index in [4.69, 9.17) is 0 Å². The van der Waals surface area contributed by atoms with Gasteiger partial charge in [0, 0.05) is 5.56 Å². The molecule has 98 valence electrons. The fourth-order valence-electron chi connectivity index (χ4n) is 1.43. The van der Waals surface area contributed by atoms with Crippen LogP contribution < -0.4 is 5.32 Å². The Balaban J connectivity index is 2.21. The summed E-state index contributed by atoms with van der Waals surface area (Å²) in [7, 11) is 0. The predicted octanol–water partition coefficient (Wildman–Crippen LogP) is 2.75. The van der Waals surface area contributed by atoms with Crippen LogP contribution in [0.2, 0.25) is 0 Å². The van der Waals surface area contributed by atoms with E-state index >= 15 is 0 Å². The first-order valence-electron chi connectivity index (χ1n) is 5.15. The number of halogens is 1. The number of amides is 1. The molecular weight excluding hydrogens is 273 g/mol. The first-order chi connectivity index (χ1) is 8.99. The molecule has 0 atom stereocenters. The second-order valence-corrected chi connectivity index (χ2v) is 4.64. The molecule has 0 aliphatic rings. The molecule has 0 saturated heterocycles. The van der Waals surface area contributed by atoms with Crippen LogP contribution in [0.1, 0.15) is 15.9 Å². The lowest BCUT2D eigenvalue weighted by Gasteiger charge is -2.05. The van der Waals surface area contributed by atoms with Crippen LogP contribution in [-0.2, 0) is 0 Å². The molecule has 1 aromatic heterocycles. The fraction of sp³-hybridized carbons (Fsp3) is 0.0909. The van der Waals surface area contributed by atoms with Gasteiger partial charge in [-0.15, -0.1) is 0 Å². The molecule has 0 unspecified atom stereocenters. The number of benzene rings is 1. The van der Waals surface area contributed by atoms with Gasteiger partial charge in [-0.2, -0.15) is 0 Å².